The Morgan fingerprint density at radius 3 is 2.81 bits per heavy atom. The zero-order valence-corrected chi connectivity index (χ0v) is 10.7. The number of fused-ring (bicyclic) bond motifs is 1. The molecule has 1 unspecified atom stereocenters. The first-order chi connectivity index (χ1) is 7.83. The first-order valence-electron chi connectivity index (χ1n) is 5.95. The van der Waals surface area contributed by atoms with Crippen LogP contribution < -0.4 is 5.32 Å². The molecule has 3 heteroatoms. The van der Waals surface area contributed by atoms with Crippen molar-refractivity contribution in [3.8, 4) is 0 Å². The summed E-state index contributed by atoms with van der Waals surface area (Å²) in [5.41, 5.74) is 1.10. The largest absolute Gasteiger partial charge is 0.359 e. The van der Waals surface area contributed by atoms with Crippen LogP contribution in [0.25, 0.3) is 10.2 Å². The molecule has 2 nitrogen and oxygen atoms in total. The van der Waals surface area contributed by atoms with E-state index in [0.717, 1.165) is 17.1 Å². The van der Waals surface area contributed by atoms with Gasteiger partial charge in [-0.2, -0.15) is 0 Å². The van der Waals surface area contributed by atoms with E-state index >= 15 is 0 Å². The first kappa shape index (κ1) is 11.4. The Morgan fingerprint density at radius 2 is 2.12 bits per heavy atom. The van der Waals surface area contributed by atoms with E-state index in [1.54, 1.807) is 11.3 Å². The minimum Gasteiger partial charge on any atom is -0.359 e. The van der Waals surface area contributed by atoms with Crippen molar-refractivity contribution in [1.29, 1.82) is 0 Å². The fourth-order valence-electron chi connectivity index (χ4n) is 1.84. The maximum atomic E-state index is 4.59. The smallest absolute Gasteiger partial charge is 0.184 e. The number of rotatable bonds is 5. The molecular weight excluding hydrogens is 216 g/mol. The van der Waals surface area contributed by atoms with E-state index in [1.165, 1.54) is 17.5 Å². The van der Waals surface area contributed by atoms with Crippen molar-refractivity contribution in [2.45, 2.75) is 39.2 Å². The molecule has 1 aromatic carbocycles. The van der Waals surface area contributed by atoms with Crippen LogP contribution in [0, 0.1) is 0 Å². The lowest BCUT2D eigenvalue weighted by Crippen LogP contribution is -2.17. The van der Waals surface area contributed by atoms with Crippen molar-refractivity contribution in [3.05, 3.63) is 24.3 Å². The van der Waals surface area contributed by atoms with E-state index in [9.17, 15) is 0 Å². The second kappa shape index (κ2) is 5.30. The van der Waals surface area contributed by atoms with Crippen LogP contribution in [0.15, 0.2) is 24.3 Å². The monoisotopic (exact) mass is 234 g/mol. The van der Waals surface area contributed by atoms with Gasteiger partial charge in [-0.05, 0) is 25.0 Å². The molecule has 1 atom stereocenters. The average Bonchev–Trinajstić information content (AvgIpc) is 2.70. The van der Waals surface area contributed by atoms with Gasteiger partial charge in [0.25, 0.3) is 0 Å². The molecular formula is C13H18N2S. The fourth-order valence-corrected chi connectivity index (χ4v) is 2.78. The van der Waals surface area contributed by atoms with Gasteiger partial charge in [0.15, 0.2) is 5.13 Å². The zero-order chi connectivity index (χ0) is 11.4. The number of anilines is 1. The molecule has 0 aliphatic carbocycles. The van der Waals surface area contributed by atoms with E-state index in [4.69, 9.17) is 0 Å². The molecule has 0 bridgehead atoms. The fraction of sp³-hybridized carbons (Fsp3) is 0.462. The summed E-state index contributed by atoms with van der Waals surface area (Å²) < 4.78 is 1.26. The van der Waals surface area contributed by atoms with E-state index in [0.29, 0.717) is 6.04 Å². The standard InChI is InChI=1S/C13H18N2S/c1-3-7-10(4-2)14-13-15-11-8-5-6-9-12(11)16-13/h5-6,8-10H,3-4,7H2,1-2H3,(H,14,15). The summed E-state index contributed by atoms with van der Waals surface area (Å²) in [6, 6.07) is 8.85. The number of thiazole rings is 1. The number of para-hydroxylation sites is 1. The minimum absolute atomic E-state index is 0.561. The number of nitrogens with one attached hydrogen (secondary N) is 1. The molecule has 0 fully saturated rings. The van der Waals surface area contributed by atoms with Crippen LogP contribution in [0.3, 0.4) is 0 Å². The third-order valence-electron chi connectivity index (χ3n) is 2.75. The van der Waals surface area contributed by atoms with E-state index < -0.39 is 0 Å². The van der Waals surface area contributed by atoms with Crippen molar-refractivity contribution >= 4 is 26.7 Å². The molecule has 0 radical (unpaired) electrons. The van der Waals surface area contributed by atoms with Crippen LogP contribution in [0.4, 0.5) is 5.13 Å². The predicted molar refractivity (Wildman–Crippen MR) is 72.2 cm³/mol. The zero-order valence-electron chi connectivity index (χ0n) is 9.86. The minimum atomic E-state index is 0.561. The molecule has 0 spiro atoms. The van der Waals surface area contributed by atoms with Crippen molar-refractivity contribution in [1.82, 2.24) is 4.98 Å². The van der Waals surface area contributed by atoms with Crippen LogP contribution >= 0.6 is 11.3 Å². The molecule has 0 aliphatic heterocycles. The number of nitrogens with zero attached hydrogens (tertiary/aromatic N) is 1. The molecule has 1 N–H and O–H groups in total. The topological polar surface area (TPSA) is 24.9 Å². The molecule has 86 valence electrons. The second-order valence-electron chi connectivity index (χ2n) is 4.02. The van der Waals surface area contributed by atoms with Gasteiger partial charge in [0.1, 0.15) is 0 Å². The highest BCUT2D eigenvalue weighted by Crippen LogP contribution is 2.26. The van der Waals surface area contributed by atoms with Gasteiger partial charge in [0.2, 0.25) is 0 Å². The highest BCUT2D eigenvalue weighted by atomic mass is 32.1. The van der Waals surface area contributed by atoms with E-state index in [-0.39, 0.29) is 0 Å². The van der Waals surface area contributed by atoms with Crippen LogP contribution in [-0.2, 0) is 0 Å². The number of hydrogen-bond acceptors (Lipinski definition) is 3. The number of aromatic nitrogens is 1. The molecule has 0 saturated heterocycles. The second-order valence-corrected chi connectivity index (χ2v) is 5.06. The lowest BCUT2D eigenvalue weighted by molar-refractivity contribution is 0.622. The Bertz CT molecular complexity index is 417. The van der Waals surface area contributed by atoms with Gasteiger partial charge in [-0.25, -0.2) is 4.98 Å². The van der Waals surface area contributed by atoms with Crippen molar-refractivity contribution in [2.75, 3.05) is 5.32 Å². The Labute approximate surface area is 101 Å². The Morgan fingerprint density at radius 1 is 1.31 bits per heavy atom. The summed E-state index contributed by atoms with van der Waals surface area (Å²) in [6.07, 6.45) is 3.59. The Kier molecular flexibility index (Phi) is 3.78. The van der Waals surface area contributed by atoms with Gasteiger partial charge in [-0.15, -0.1) is 0 Å². The first-order valence-corrected chi connectivity index (χ1v) is 6.77. The molecule has 0 saturated carbocycles. The third kappa shape index (κ3) is 2.53. The van der Waals surface area contributed by atoms with Crippen LogP contribution in [0.5, 0.6) is 0 Å². The maximum Gasteiger partial charge on any atom is 0.184 e. The summed E-state index contributed by atoms with van der Waals surface area (Å²) in [4.78, 5) is 4.59. The third-order valence-corrected chi connectivity index (χ3v) is 3.72. The van der Waals surface area contributed by atoms with Crippen LogP contribution in [0.1, 0.15) is 33.1 Å². The summed E-state index contributed by atoms with van der Waals surface area (Å²) in [5, 5.41) is 4.58. The lowest BCUT2D eigenvalue weighted by Gasteiger charge is -2.14. The highest BCUT2D eigenvalue weighted by Gasteiger charge is 2.08. The average molecular weight is 234 g/mol. The van der Waals surface area contributed by atoms with Crippen LogP contribution in [0.2, 0.25) is 0 Å². The van der Waals surface area contributed by atoms with E-state index in [1.807, 2.05) is 6.07 Å². The van der Waals surface area contributed by atoms with Crippen molar-refractivity contribution in [3.63, 3.8) is 0 Å². The highest BCUT2D eigenvalue weighted by molar-refractivity contribution is 7.22. The van der Waals surface area contributed by atoms with Crippen molar-refractivity contribution in [2.24, 2.45) is 0 Å². The van der Waals surface area contributed by atoms with E-state index in [2.05, 4.69) is 42.3 Å². The summed E-state index contributed by atoms with van der Waals surface area (Å²) >= 11 is 1.74. The normalized spacial score (nSPS) is 12.9. The van der Waals surface area contributed by atoms with Crippen LogP contribution in [-0.4, -0.2) is 11.0 Å². The molecule has 0 amide bonds. The summed E-state index contributed by atoms with van der Waals surface area (Å²) in [5.74, 6) is 0. The Balaban J connectivity index is 2.14. The quantitative estimate of drug-likeness (QED) is 0.835. The lowest BCUT2D eigenvalue weighted by atomic mass is 10.1. The molecule has 1 heterocycles. The molecule has 2 rings (SSSR count). The van der Waals surface area contributed by atoms with Gasteiger partial charge in [0, 0.05) is 6.04 Å². The number of hydrogen-bond donors (Lipinski definition) is 1. The van der Waals surface area contributed by atoms with Gasteiger partial charge in [-0.3, -0.25) is 0 Å². The van der Waals surface area contributed by atoms with Crippen molar-refractivity contribution < 1.29 is 0 Å². The molecule has 16 heavy (non-hydrogen) atoms. The van der Waals surface area contributed by atoms with Gasteiger partial charge in [-0.1, -0.05) is 43.7 Å². The maximum absolute atomic E-state index is 4.59. The summed E-state index contributed by atoms with van der Waals surface area (Å²) in [6.45, 7) is 4.45. The Hall–Kier alpha value is -1.09. The molecule has 2 aromatic rings. The SMILES string of the molecule is CCCC(CC)Nc1nc2ccccc2s1. The molecule has 1 aromatic heterocycles. The summed E-state index contributed by atoms with van der Waals surface area (Å²) in [7, 11) is 0. The van der Waals surface area contributed by atoms with Gasteiger partial charge in [0.05, 0.1) is 10.2 Å². The predicted octanol–water partition coefficient (Wildman–Crippen LogP) is 4.29. The number of benzene rings is 1. The van der Waals surface area contributed by atoms with Gasteiger partial charge >= 0.3 is 0 Å². The van der Waals surface area contributed by atoms with Gasteiger partial charge < -0.3 is 5.32 Å². The molecule has 0 aliphatic rings.